The van der Waals surface area contributed by atoms with Gasteiger partial charge in [0.1, 0.15) is 0 Å². The summed E-state index contributed by atoms with van der Waals surface area (Å²) in [7, 11) is 0. The fourth-order valence-electron chi connectivity index (χ4n) is 3.51. The van der Waals surface area contributed by atoms with Gasteiger partial charge in [0.25, 0.3) is 0 Å². The SMILES string of the molecule is Cc1ccc(NC(=O)N2CCC[C@@](C)(C(=O)NCc3ccccc3)C2)c(Cl)c1. The summed E-state index contributed by atoms with van der Waals surface area (Å²) in [4.78, 5) is 27.2. The van der Waals surface area contributed by atoms with E-state index in [9.17, 15) is 9.59 Å². The third kappa shape index (κ3) is 4.84. The molecule has 1 saturated heterocycles. The monoisotopic (exact) mass is 399 g/mol. The number of carbonyl (C=O) groups is 2. The number of halogens is 1. The topological polar surface area (TPSA) is 61.4 Å². The minimum atomic E-state index is -0.610. The number of likely N-dealkylation sites (tertiary alicyclic amines) is 1. The summed E-state index contributed by atoms with van der Waals surface area (Å²) in [6.07, 6.45) is 1.53. The maximum Gasteiger partial charge on any atom is 0.321 e. The Morgan fingerprint density at radius 3 is 2.64 bits per heavy atom. The highest BCUT2D eigenvalue weighted by molar-refractivity contribution is 6.33. The molecule has 1 aliphatic rings. The Balaban J connectivity index is 1.61. The van der Waals surface area contributed by atoms with E-state index in [0.29, 0.717) is 30.3 Å². The van der Waals surface area contributed by atoms with Crippen molar-refractivity contribution in [1.29, 1.82) is 0 Å². The molecule has 28 heavy (non-hydrogen) atoms. The Hall–Kier alpha value is -2.53. The van der Waals surface area contributed by atoms with Crippen molar-refractivity contribution in [3.63, 3.8) is 0 Å². The van der Waals surface area contributed by atoms with Gasteiger partial charge >= 0.3 is 6.03 Å². The maximum atomic E-state index is 12.8. The zero-order chi connectivity index (χ0) is 20.1. The van der Waals surface area contributed by atoms with Crippen molar-refractivity contribution in [2.75, 3.05) is 18.4 Å². The van der Waals surface area contributed by atoms with Crippen molar-refractivity contribution in [3.8, 4) is 0 Å². The quantitative estimate of drug-likeness (QED) is 0.789. The van der Waals surface area contributed by atoms with Crippen LogP contribution in [0, 0.1) is 12.3 Å². The van der Waals surface area contributed by atoms with E-state index in [1.54, 1.807) is 11.0 Å². The summed E-state index contributed by atoms with van der Waals surface area (Å²) in [5.74, 6) is -0.0257. The third-order valence-corrected chi connectivity index (χ3v) is 5.51. The number of nitrogens with zero attached hydrogens (tertiary/aromatic N) is 1. The third-order valence-electron chi connectivity index (χ3n) is 5.19. The maximum absolute atomic E-state index is 12.8. The number of hydrogen-bond acceptors (Lipinski definition) is 2. The molecule has 0 aliphatic carbocycles. The van der Waals surface area contributed by atoms with E-state index in [0.717, 1.165) is 24.0 Å². The second-order valence-electron chi connectivity index (χ2n) is 7.67. The Morgan fingerprint density at radius 2 is 1.93 bits per heavy atom. The minimum absolute atomic E-state index is 0.0257. The molecule has 0 aromatic heterocycles. The summed E-state index contributed by atoms with van der Waals surface area (Å²) >= 11 is 6.22. The molecule has 0 radical (unpaired) electrons. The zero-order valence-corrected chi connectivity index (χ0v) is 17.1. The number of nitrogens with one attached hydrogen (secondary N) is 2. The van der Waals surface area contributed by atoms with Crippen LogP contribution in [0.4, 0.5) is 10.5 Å². The van der Waals surface area contributed by atoms with Crippen molar-refractivity contribution in [2.24, 2.45) is 5.41 Å². The molecular weight excluding hydrogens is 374 g/mol. The molecule has 148 valence electrons. The molecule has 5 nitrogen and oxygen atoms in total. The first-order chi connectivity index (χ1) is 13.4. The number of aryl methyl sites for hydroxylation is 1. The van der Waals surface area contributed by atoms with E-state index in [4.69, 9.17) is 11.6 Å². The predicted octanol–water partition coefficient (Wildman–Crippen LogP) is 4.60. The summed E-state index contributed by atoms with van der Waals surface area (Å²) in [6, 6.07) is 15.1. The van der Waals surface area contributed by atoms with Crippen LogP contribution in [0.3, 0.4) is 0 Å². The van der Waals surface area contributed by atoms with Gasteiger partial charge in [0.2, 0.25) is 5.91 Å². The second-order valence-corrected chi connectivity index (χ2v) is 8.07. The average molecular weight is 400 g/mol. The number of urea groups is 1. The van der Waals surface area contributed by atoms with Gasteiger partial charge in [-0.05, 0) is 49.9 Å². The molecule has 2 N–H and O–H groups in total. The standard InChI is InChI=1S/C22H26ClN3O2/c1-16-9-10-19(18(23)13-16)25-21(28)26-12-6-11-22(2,15-26)20(27)24-14-17-7-4-3-5-8-17/h3-5,7-10,13H,6,11-12,14-15H2,1-2H3,(H,24,27)(H,25,28)/t22-/m1/s1. The van der Waals surface area contributed by atoms with Gasteiger partial charge in [-0.3, -0.25) is 4.79 Å². The minimum Gasteiger partial charge on any atom is -0.351 e. The average Bonchev–Trinajstić information content (AvgIpc) is 2.69. The molecule has 2 aromatic carbocycles. The fourth-order valence-corrected chi connectivity index (χ4v) is 3.79. The van der Waals surface area contributed by atoms with Gasteiger partial charge in [0, 0.05) is 19.6 Å². The highest BCUT2D eigenvalue weighted by Crippen LogP contribution is 2.31. The van der Waals surface area contributed by atoms with Crippen LogP contribution in [0.2, 0.25) is 5.02 Å². The molecular formula is C22H26ClN3O2. The van der Waals surface area contributed by atoms with Crippen molar-refractivity contribution in [3.05, 3.63) is 64.7 Å². The number of carbonyl (C=O) groups excluding carboxylic acids is 2. The number of rotatable bonds is 4. The molecule has 1 fully saturated rings. The highest BCUT2D eigenvalue weighted by Gasteiger charge is 2.39. The summed E-state index contributed by atoms with van der Waals surface area (Å²) in [6.45, 7) is 5.35. The molecule has 0 spiro atoms. The number of hydrogen-bond donors (Lipinski definition) is 2. The van der Waals surface area contributed by atoms with Gasteiger partial charge in [-0.15, -0.1) is 0 Å². The van der Waals surface area contributed by atoms with Gasteiger partial charge in [-0.1, -0.05) is 48.0 Å². The zero-order valence-electron chi connectivity index (χ0n) is 16.3. The van der Waals surface area contributed by atoms with Crippen LogP contribution in [-0.4, -0.2) is 29.9 Å². The lowest BCUT2D eigenvalue weighted by molar-refractivity contribution is -0.132. The Morgan fingerprint density at radius 1 is 1.18 bits per heavy atom. The van der Waals surface area contributed by atoms with E-state index in [1.807, 2.05) is 56.3 Å². The van der Waals surface area contributed by atoms with E-state index < -0.39 is 5.41 Å². The van der Waals surface area contributed by atoms with Gasteiger partial charge < -0.3 is 15.5 Å². The number of benzene rings is 2. The van der Waals surface area contributed by atoms with E-state index in [2.05, 4.69) is 10.6 Å². The number of anilines is 1. The van der Waals surface area contributed by atoms with Crippen LogP contribution in [0.1, 0.15) is 30.9 Å². The molecule has 3 rings (SSSR count). The van der Waals surface area contributed by atoms with Crippen molar-refractivity contribution in [1.82, 2.24) is 10.2 Å². The van der Waals surface area contributed by atoms with E-state index >= 15 is 0 Å². The first-order valence-corrected chi connectivity index (χ1v) is 9.89. The van der Waals surface area contributed by atoms with Gasteiger partial charge in [-0.25, -0.2) is 4.79 Å². The Kier molecular flexibility index (Phi) is 6.25. The molecule has 0 bridgehead atoms. The lowest BCUT2D eigenvalue weighted by Crippen LogP contribution is -2.52. The van der Waals surface area contributed by atoms with Gasteiger partial charge in [0.15, 0.2) is 0 Å². The Labute approximate surface area is 171 Å². The highest BCUT2D eigenvalue weighted by atomic mass is 35.5. The Bertz CT molecular complexity index is 856. The van der Waals surface area contributed by atoms with Crippen molar-refractivity contribution in [2.45, 2.75) is 33.2 Å². The first kappa shape index (κ1) is 20.2. The molecule has 1 atom stereocenters. The predicted molar refractivity (Wildman–Crippen MR) is 112 cm³/mol. The molecule has 1 aliphatic heterocycles. The smallest absolute Gasteiger partial charge is 0.321 e. The number of amides is 3. The lowest BCUT2D eigenvalue weighted by Gasteiger charge is -2.39. The summed E-state index contributed by atoms with van der Waals surface area (Å²) in [5.41, 5.74) is 2.06. The molecule has 2 aromatic rings. The molecule has 1 heterocycles. The summed E-state index contributed by atoms with van der Waals surface area (Å²) < 4.78 is 0. The largest absolute Gasteiger partial charge is 0.351 e. The summed E-state index contributed by atoms with van der Waals surface area (Å²) in [5, 5.41) is 6.39. The fraction of sp³-hybridized carbons (Fsp3) is 0.364. The lowest BCUT2D eigenvalue weighted by atomic mass is 9.81. The van der Waals surface area contributed by atoms with Crippen LogP contribution in [0.25, 0.3) is 0 Å². The molecule has 6 heteroatoms. The van der Waals surface area contributed by atoms with Crippen LogP contribution >= 0.6 is 11.6 Å². The number of piperidine rings is 1. The molecule has 3 amide bonds. The van der Waals surface area contributed by atoms with Gasteiger partial charge in [0.05, 0.1) is 16.1 Å². The van der Waals surface area contributed by atoms with Crippen LogP contribution in [-0.2, 0) is 11.3 Å². The molecule has 0 unspecified atom stereocenters. The normalized spacial score (nSPS) is 19.2. The van der Waals surface area contributed by atoms with Crippen LogP contribution in [0.15, 0.2) is 48.5 Å². The van der Waals surface area contributed by atoms with Crippen molar-refractivity contribution < 1.29 is 9.59 Å². The van der Waals surface area contributed by atoms with E-state index in [-0.39, 0.29) is 11.9 Å². The van der Waals surface area contributed by atoms with E-state index in [1.165, 1.54) is 0 Å². The van der Waals surface area contributed by atoms with Crippen LogP contribution in [0.5, 0.6) is 0 Å². The van der Waals surface area contributed by atoms with Crippen LogP contribution < -0.4 is 10.6 Å². The molecule has 0 saturated carbocycles. The second kappa shape index (κ2) is 8.65. The first-order valence-electron chi connectivity index (χ1n) is 9.52. The van der Waals surface area contributed by atoms with Gasteiger partial charge in [-0.2, -0.15) is 0 Å². The van der Waals surface area contributed by atoms with Crippen molar-refractivity contribution >= 4 is 29.2 Å².